The highest BCUT2D eigenvalue weighted by atomic mass is 32.1. The van der Waals surface area contributed by atoms with Crippen molar-refractivity contribution in [2.45, 2.75) is 13.3 Å². The molecule has 0 radical (unpaired) electrons. The number of hydrogen-bond donors (Lipinski definition) is 3. The Morgan fingerprint density at radius 3 is 3.05 bits per heavy atom. The Hall–Kier alpha value is -2.34. The molecule has 6 heteroatoms. The van der Waals surface area contributed by atoms with Gasteiger partial charge in [0.1, 0.15) is 0 Å². The molecule has 0 aliphatic carbocycles. The zero-order valence-corrected chi connectivity index (χ0v) is 12.5. The van der Waals surface area contributed by atoms with Gasteiger partial charge >= 0.3 is 6.03 Å². The van der Waals surface area contributed by atoms with E-state index in [9.17, 15) is 4.79 Å². The van der Waals surface area contributed by atoms with Gasteiger partial charge in [-0.3, -0.25) is 5.32 Å². The van der Waals surface area contributed by atoms with Gasteiger partial charge in [-0.2, -0.15) is 0 Å². The fourth-order valence-electron chi connectivity index (χ4n) is 2.20. The number of aromatic amines is 1. The molecule has 0 atom stereocenters. The van der Waals surface area contributed by atoms with Crippen molar-refractivity contribution in [2.75, 3.05) is 11.9 Å². The predicted octanol–water partition coefficient (Wildman–Crippen LogP) is 3.30. The van der Waals surface area contributed by atoms with Crippen LogP contribution in [0.3, 0.4) is 0 Å². The van der Waals surface area contributed by atoms with Crippen molar-refractivity contribution in [1.29, 1.82) is 0 Å². The number of aryl methyl sites for hydroxylation is 1. The maximum atomic E-state index is 11.8. The molecule has 0 aliphatic heterocycles. The quantitative estimate of drug-likeness (QED) is 0.692. The van der Waals surface area contributed by atoms with Crippen LogP contribution in [0.5, 0.6) is 0 Å². The lowest BCUT2D eigenvalue weighted by Crippen LogP contribution is -2.30. The smallest absolute Gasteiger partial charge is 0.321 e. The van der Waals surface area contributed by atoms with E-state index < -0.39 is 0 Å². The minimum absolute atomic E-state index is 0.218. The first-order valence-electron chi connectivity index (χ1n) is 6.74. The van der Waals surface area contributed by atoms with Crippen molar-refractivity contribution in [3.63, 3.8) is 0 Å². The second kappa shape index (κ2) is 5.97. The second-order valence-electron chi connectivity index (χ2n) is 4.77. The Kier molecular flexibility index (Phi) is 3.87. The number of urea groups is 1. The van der Waals surface area contributed by atoms with E-state index in [1.165, 1.54) is 22.3 Å². The molecule has 3 rings (SSSR count). The highest BCUT2D eigenvalue weighted by molar-refractivity contribution is 7.15. The first-order valence-corrected chi connectivity index (χ1v) is 7.56. The van der Waals surface area contributed by atoms with Gasteiger partial charge in [0.25, 0.3) is 0 Å². The number of para-hydroxylation sites is 1. The van der Waals surface area contributed by atoms with Crippen LogP contribution in [-0.2, 0) is 6.42 Å². The summed E-state index contributed by atoms with van der Waals surface area (Å²) >= 11 is 1.46. The van der Waals surface area contributed by atoms with Crippen molar-refractivity contribution in [2.24, 2.45) is 0 Å². The number of carbonyl (C=O) groups excluding carboxylic acids is 1. The number of benzene rings is 1. The molecule has 5 nitrogen and oxygen atoms in total. The number of amides is 2. The van der Waals surface area contributed by atoms with E-state index in [1.807, 2.05) is 31.3 Å². The van der Waals surface area contributed by atoms with Gasteiger partial charge in [0.2, 0.25) is 0 Å². The molecular weight excluding hydrogens is 284 g/mol. The Morgan fingerprint density at radius 1 is 1.38 bits per heavy atom. The van der Waals surface area contributed by atoms with Crippen molar-refractivity contribution in [3.05, 3.63) is 47.1 Å². The van der Waals surface area contributed by atoms with Gasteiger partial charge in [-0.1, -0.05) is 18.2 Å². The number of H-pyrrole nitrogens is 1. The molecule has 0 bridgehead atoms. The molecule has 3 aromatic rings. The van der Waals surface area contributed by atoms with Crippen LogP contribution in [0.25, 0.3) is 10.9 Å². The molecule has 1 aromatic carbocycles. The van der Waals surface area contributed by atoms with E-state index in [4.69, 9.17) is 0 Å². The molecule has 0 unspecified atom stereocenters. The summed E-state index contributed by atoms with van der Waals surface area (Å²) in [4.78, 5) is 20.2. The maximum Gasteiger partial charge on any atom is 0.321 e. The lowest BCUT2D eigenvalue weighted by Gasteiger charge is -2.04. The van der Waals surface area contributed by atoms with Gasteiger partial charge < -0.3 is 10.3 Å². The average molecular weight is 300 g/mol. The zero-order chi connectivity index (χ0) is 14.7. The Labute approximate surface area is 126 Å². The number of thiazole rings is 1. The zero-order valence-electron chi connectivity index (χ0n) is 11.6. The third-order valence-corrected chi connectivity index (χ3v) is 4.02. The van der Waals surface area contributed by atoms with Crippen LogP contribution >= 0.6 is 11.3 Å². The minimum atomic E-state index is -0.218. The molecule has 0 spiro atoms. The summed E-state index contributed by atoms with van der Waals surface area (Å²) in [6.45, 7) is 2.54. The van der Waals surface area contributed by atoms with Gasteiger partial charge in [-0.05, 0) is 25.0 Å². The summed E-state index contributed by atoms with van der Waals surface area (Å²) in [7, 11) is 0. The molecule has 0 saturated carbocycles. The lowest BCUT2D eigenvalue weighted by molar-refractivity contribution is 0.252. The van der Waals surface area contributed by atoms with Crippen LogP contribution in [0.1, 0.15) is 10.4 Å². The lowest BCUT2D eigenvalue weighted by atomic mass is 10.1. The molecule has 3 N–H and O–H groups in total. The minimum Gasteiger partial charge on any atom is -0.361 e. The maximum absolute atomic E-state index is 11.8. The predicted molar refractivity (Wildman–Crippen MR) is 85.9 cm³/mol. The molecule has 2 aromatic heterocycles. The topological polar surface area (TPSA) is 69.8 Å². The normalized spacial score (nSPS) is 10.7. The van der Waals surface area contributed by atoms with Gasteiger partial charge in [0, 0.05) is 34.7 Å². The Balaban J connectivity index is 1.53. The van der Waals surface area contributed by atoms with Gasteiger partial charge in [-0.15, -0.1) is 11.3 Å². The van der Waals surface area contributed by atoms with E-state index in [1.54, 1.807) is 6.20 Å². The van der Waals surface area contributed by atoms with E-state index >= 15 is 0 Å². The number of nitrogens with zero attached hydrogens (tertiary/aromatic N) is 1. The molecule has 108 valence electrons. The molecular formula is C15H16N4OS. The SMILES string of the molecule is Cc1cnc(NC(=O)NCCc2c[nH]c3ccccc23)s1. The highest BCUT2D eigenvalue weighted by Gasteiger charge is 2.06. The molecule has 0 aliphatic rings. The fraction of sp³-hybridized carbons (Fsp3) is 0.200. The summed E-state index contributed by atoms with van der Waals surface area (Å²) in [5.41, 5.74) is 2.33. The Morgan fingerprint density at radius 2 is 2.24 bits per heavy atom. The first-order chi connectivity index (χ1) is 10.2. The summed E-state index contributed by atoms with van der Waals surface area (Å²) in [5.74, 6) is 0. The molecule has 21 heavy (non-hydrogen) atoms. The van der Waals surface area contributed by atoms with Crippen LogP contribution in [0.4, 0.5) is 9.93 Å². The monoisotopic (exact) mass is 300 g/mol. The highest BCUT2D eigenvalue weighted by Crippen LogP contribution is 2.18. The van der Waals surface area contributed by atoms with Gasteiger partial charge in [-0.25, -0.2) is 9.78 Å². The summed E-state index contributed by atoms with van der Waals surface area (Å²) in [5, 5.41) is 7.40. The standard InChI is InChI=1S/C15H16N4OS/c1-10-8-18-15(21-10)19-14(20)16-7-6-11-9-17-13-5-3-2-4-12(11)13/h2-5,8-9,17H,6-7H2,1H3,(H2,16,18,19,20). The van der Waals surface area contributed by atoms with Crippen molar-refractivity contribution < 1.29 is 4.79 Å². The number of fused-ring (bicyclic) bond motifs is 1. The molecule has 2 amide bonds. The number of hydrogen-bond acceptors (Lipinski definition) is 3. The average Bonchev–Trinajstić information content (AvgIpc) is 3.06. The van der Waals surface area contributed by atoms with E-state index in [0.717, 1.165) is 16.8 Å². The van der Waals surface area contributed by atoms with Gasteiger partial charge in [0.05, 0.1) is 0 Å². The first kappa shape index (κ1) is 13.6. The third kappa shape index (κ3) is 3.22. The van der Waals surface area contributed by atoms with Crippen molar-refractivity contribution >= 4 is 33.4 Å². The van der Waals surface area contributed by atoms with E-state index in [2.05, 4.69) is 26.7 Å². The van der Waals surface area contributed by atoms with Crippen LogP contribution < -0.4 is 10.6 Å². The van der Waals surface area contributed by atoms with Crippen LogP contribution in [0.2, 0.25) is 0 Å². The van der Waals surface area contributed by atoms with Crippen LogP contribution in [0, 0.1) is 6.92 Å². The largest absolute Gasteiger partial charge is 0.361 e. The van der Waals surface area contributed by atoms with Crippen LogP contribution in [0.15, 0.2) is 36.7 Å². The number of rotatable bonds is 4. The number of carbonyl (C=O) groups is 1. The fourth-order valence-corrected chi connectivity index (χ4v) is 2.86. The third-order valence-electron chi connectivity index (χ3n) is 3.20. The molecule has 2 heterocycles. The summed E-state index contributed by atoms with van der Waals surface area (Å²) in [6, 6.07) is 7.93. The van der Waals surface area contributed by atoms with Crippen molar-refractivity contribution in [3.8, 4) is 0 Å². The summed E-state index contributed by atoms with van der Waals surface area (Å²) < 4.78 is 0. The second-order valence-corrected chi connectivity index (χ2v) is 6.00. The number of aromatic nitrogens is 2. The molecule has 0 fully saturated rings. The molecule has 0 saturated heterocycles. The van der Waals surface area contributed by atoms with Crippen LogP contribution in [-0.4, -0.2) is 22.5 Å². The van der Waals surface area contributed by atoms with Crippen molar-refractivity contribution in [1.82, 2.24) is 15.3 Å². The number of anilines is 1. The Bertz CT molecular complexity index is 762. The number of nitrogens with one attached hydrogen (secondary N) is 3. The summed E-state index contributed by atoms with van der Waals surface area (Å²) in [6.07, 6.45) is 4.52. The van der Waals surface area contributed by atoms with E-state index in [-0.39, 0.29) is 6.03 Å². The van der Waals surface area contributed by atoms with Gasteiger partial charge in [0.15, 0.2) is 5.13 Å². The van der Waals surface area contributed by atoms with E-state index in [0.29, 0.717) is 11.7 Å².